The second-order valence-electron chi connectivity index (χ2n) is 6.68. The van der Waals surface area contributed by atoms with Gasteiger partial charge in [0.05, 0.1) is 12.4 Å². The summed E-state index contributed by atoms with van der Waals surface area (Å²) in [5.74, 6) is -0.00642. The molecule has 0 saturated carbocycles. The van der Waals surface area contributed by atoms with Crippen LogP contribution in [0, 0.1) is 0 Å². The quantitative estimate of drug-likeness (QED) is 0.118. The molecule has 2 nitrogen and oxygen atoms in total. The standard InChI is InChI=1S/C20H40O2S.Cu/c1-2-3-4-5-6-7-8-9-10-11-12-13-14-15-16-17-18-22-20(21)19-23;/h23H,2-19H2,1H3;. The van der Waals surface area contributed by atoms with Crippen LogP contribution in [0.3, 0.4) is 0 Å². The van der Waals surface area contributed by atoms with Crippen LogP contribution in [-0.4, -0.2) is 18.3 Å². The Kier molecular flexibility index (Phi) is 25.8. The molecule has 0 fully saturated rings. The van der Waals surface area contributed by atoms with Crippen LogP contribution in [0.4, 0.5) is 0 Å². The number of rotatable bonds is 18. The van der Waals surface area contributed by atoms with Crippen molar-refractivity contribution < 1.29 is 26.6 Å². The molecule has 0 unspecified atom stereocenters. The fourth-order valence-electron chi connectivity index (χ4n) is 2.88. The van der Waals surface area contributed by atoms with Crippen molar-refractivity contribution in [1.29, 1.82) is 0 Å². The zero-order chi connectivity index (χ0) is 17.0. The molecule has 0 atom stereocenters. The molecule has 0 aliphatic carbocycles. The Hall–Kier alpha value is 0.339. The zero-order valence-corrected chi connectivity index (χ0v) is 17.6. The van der Waals surface area contributed by atoms with Gasteiger partial charge in [0.1, 0.15) is 0 Å². The number of hydrogen-bond acceptors (Lipinski definition) is 3. The molecule has 0 aliphatic heterocycles. The molecule has 0 aromatic rings. The van der Waals surface area contributed by atoms with E-state index in [-0.39, 0.29) is 28.8 Å². The van der Waals surface area contributed by atoms with Crippen LogP contribution >= 0.6 is 12.6 Å². The third-order valence-corrected chi connectivity index (χ3v) is 4.65. The normalized spacial score (nSPS) is 10.4. The summed E-state index contributed by atoms with van der Waals surface area (Å²) in [5, 5.41) is 0. The summed E-state index contributed by atoms with van der Waals surface area (Å²) in [5.41, 5.74) is 0. The molecule has 4 heteroatoms. The van der Waals surface area contributed by atoms with E-state index >= 15 is 0 Å². The molecule has 24 heavy (non-hydrogen) atoms. The molecule has 0 bridgehead atoms. The molecule has 0 N–H and O–H groups in total. The Labute approximate surface area is 167 Å². The summed E-state index contributed by atoms with van der Waals surface area (Å²) in [6, 6.07) is 0. The first-order valence-electron chi connectivity index (χ1n) is 10.1. The Morgan fingerprint density at radius 1 is 0.667 bits per heavy atom. The molecule has 0 saturated heterocycles. The van der Waals surface area contributed by atoms with Gasteiger partial charge >= 0.3 is 5.97 Å². The summed E-state index contributed by atoms with van der Waals surface area (Å²) in [6.07, 6.45) is 21.8. The maximum Gasteiger partial charge on any atom is 0.315 e. The number of carbonyl (C=O) groups excluding carboxylic acids is 1. The largest absolute Gasteiger partial charge is 0.465 e. The third-order valence-electron chi connectivity index (χ3n) is 4.39. The Morgan fingerprint density at radius 3 is 1.33 bits per heavy atom. The van der Waals surface area contributed by atoms with Crippen LogP contribution < -0.4 is 0 Å². The van der Waals surface area contributed by atoms with Gasteiger partial charge in [-0.1, -0.05) is 103 Å². The van der Waals surface area contributed by atoms with E-state index in [0.717, 1.165) is 6.42 Å². The smallest absolute Gasteiger partial charge is 0.315 e. The number of esters is 1. The number of unbranched alkanes of at least 4 members (excludes halogenated alkanes) is 15. The van der Waals surface area contributed by atoms with Crippen LogP contribution in [0.5, 0.6) is 0 Å². The molecule has 0 aromatic heterocycles. The molecule has 0 amide bonds. The number of carbonyl (C=O) groups is 1. The fourth-order valence-corrected chi connectivity index (χ4v) is 2.97. The minimum atomic E-state index is -0.200. The molecule has 1 radical (unpaired) electrons. The van der Waals surface area contributed by atoms with Crippen molar-refractivity contribution >= 4 is 18.6 Å². The summed E-state index contributed by atoms with van der Waals surface area (Å²) >= 11 is 3.88. The average Bonchev–Trinajstić information content (AvgIpc) is 2.57. The first-order chi connectivity index (χ1) is 11.3. The van der Waals surface area contributed by atoms with E-state index in [4.69, 9.17) is 4.74 Å². The SMILES string of the molecule is CCCCCCCCCCCCCCCCCCOC(=O)CS.[Cu]. The molecule has 0 heterocycles. The van der Waals surface area contributed by atoms with Crippen LogP contribution in [0.25, 0.3) is 0 Å². The maximum absolute atomic E-state index is 10.9. The fraction of sp³-hybridized carbons (Fsp3) is 0.950. The Morgan fingerprint density at radius 2 is 1.00 bits per heavy atom. The van der Waals surface area contributed by atoms with E-state index in [9.17, 15) is 4.79 Å². The van der Waals surface area contributed by atoms with Crippen molar-refractivity contribution in [3.05, 3.63) is 0 Å². The van der Waals surface area contributed by atoms with E-state index in [0.29, 0.717) is 6.61 Å². The summed E-state index contributed by atoms with van der Waals surface area (Å²) < 4.78 is 4.99. The van der Waals surface area contributed by atoms with Crippen LogP contribution in [0.1, 0.15) is 110 Å². The van der Waals surface area contributed by atoms with Gasteiger partial charge in [-0.15, -0.1) is 0 Å². The second-order valence-corrected chi connectivity index (χ2v) is 7.00. The molecule has 0 spiro atoms. The van der Waals surface area contributed by atoms with E-state index < -0.39 is 0 Å². The summed E-state index contributed by atoms with van der Waals surface area (Å²) in [7, 11) is 0. The molecule has 0 rings (SSSR count). The van der Waals surface area contributed by atoms with Crippen LogP contribution in [0.15, 0.2) is 0 Å². The van der Waals surface area contributed by atoms with E-state index in [1.54, 1.807) is 0 Å². The van der Waals surface area contributed by atoms with Crippen molar-refractivity contribution in [3.63, 3.8) is 0 Å². The summed E-state index contributed by atoms with van der Waals surface area (Å²) in [4.78, 5) is 10.9. The first kappa shape index (κ1) is 26.6. The predicted octanol–water partition coefficient (Wildman–Crippen LogP) is 6.72. The first-order valence-corrected chi connectivity index (χ1v) is 10.7. The number of hydrogen-bond donors (Lipinski definition) is 1. The van der Waals surface area contributed by atoms with Gasteiger partial charge in [-0.2, -0.15) is 12.6 Å². The van der Waals surface area contributed by atoms with Crippen molar-refractivity contribution in [1.82, 2.24) is 0 Å². The van der Waals surface area contributed by atoms with Gasteiger partial charge < -0.3 is 4.74 Å². The minimum absolute atomic E-state index is 0. The second kappa shape index (κ2) is 23.3. The van der Waals surface area contributed by atoms with Gasteiger partial charge in [0.15, 0.2) is 0 Å². The van der Waals surface area contributed by atoms with Crippen molar-refractivity contribution in [2.24, 2.45) is 0 Å². The number of thiol groups is 1. The third kappa shape index (κ3) is 22.3. The van der Waals surface area contributed by atoms with Gasteiger partial charge in [0.25, 0.3) is 0 Å². The van der Waals surface area contributed by atoms with Crippen molar-refractivity contribution in [3.8, 4) is 0 Å². The van der Waals surface area contributed by atoms with Gasteiger partial charge in [-0.3, -0.25) is 4.79 Å². The minimum Gasteiger partial charge on any atom is -0.465 e. The van der Waals surface area contributed by atoms with E-state index in [1.165, 1.54) is 96.3 Å². The van der Waals surface area contributed by atoms with Gasteiger partial charge in [0, 0.05) is 17.1 Å². The van der Waals surface area contributed by atoms with Crippen LogP contribution in [0.2, 0.25) is 0 Å². The average molecular weight is 408 g/mol. The number of ether oxygens (including phenoxy) is 1. The van der Waals surface area contributed by atoms with Gasteiger partial charge in [-0.25, -0.2) is 0 Å². The monoisotopic (exact) mass is 407 g/mol. The van der Waals surface area contributed by atoms with Gasteiger partial charge in [-0.05, 0) is 6.42 Å². The summed E-state index contributed by atoms with van der Waals surface area (Å²) in [6.45, 7) is 2.85. The van der Waals surface area contributed by atoms with Crippen molar-refractivity contribution in [2.45, 2.75) is 110 Å². The van der Waals surface area contributed by atoms with E-state index in [2.05, 4.69) is 19.6 Å². The zero-order valence-electron chi connectivity index (χ0n) is 15.8. The van der Waals surface area contributed by atoms with Gasteiger partial charge in [0.2, 0.25) is 0 Å². The van der Waals surface area contributed by atoms with E-state index in [1.807, 2.05) is 0 Å². The predicted molar refractivity (Wildman–Crippen MR) is 104 cm³/mol. The topological polar surface area (TPSA) is 26.3 Å². The molecular formula is C20H40CuO2S. The molecular weight excluding hydrogens is 368 g/mol. The van der Waals surface area contributed by atoms with Crippen LogP contribution in [-0.2, 0) is 26.6 Å². The molecule has 149 valence electrons. The Bertz CT molecular complexity index is 250. The maximum atomic E-state index is 10.9. The molecule has 0 aliphatic rings. The Balaban J connectivity index is 0. The molecule has 0 aromatic carbocycles. The van der Waals surface area contributed by atoms with Crippen molar-refractivity contribution in [2.75, 3.05) is 12.4 Å².